The molecule has 0 radical (unpaired) electrons. The summed E-state index contributed by atoms with van der Waals surface area (Å²) in [4.78, 5) is 34.9. The molecule has 0 N–H and O–H groups in total. The van der Waals surface area contributed by atoms with Gasteiger partial charge >= 0.3 is 11.9 Å². The molecule has 24 heavy (non-hydrogen) atoms. The molecule has 0 aromatic heterocycles. The second-order valence-corrected chi connectivity index (χ2v) is 4.85. The number of rotatable bonds is 9. The fourth-order valence-electron chi connectivity index (χ4n) is 2.28. The van der Waals surface area contributed by atoms with E-state index in [0.29, 0.717) is 5.56 Å². The molecule has 0 aliphatic carbocycles. The van der Waals surface area contributed by atoms with Gasteiger partial charge in [0.25, 0.3) is 5.69 Å². The van der Waals surface area contributed by atoms with Crippen LogP contribution in [0.15, 0.2) is 24.3 Å². The van der Waals surface area contributed by atoms with Crippen molar-refractivity contribution in [2.45, 2.75) is 26.4 Å². The van der Waals surface area contributed by atoms with Crippen molar-refractivity contribution < 1.29 is 28.7 Å². The molecule has 0 amide bonds. The summed E-state index contributed by atoms with van der Waals surface area (Å²) >= 11 is 0. The first-order chi connectivity index (χ1) is 11.5. The molecule has 0 bridgehead atoms. The van der Waals surface area contributed by atoms with Crippen LogP contribution in [-0.4, -0.2) is 43.3 Å². The van der Waals surface area contributed by atoms with Crippen molar-refractivity contribution in [1.82, 2.24) is 0 Å². The van der Waals surface area contributed by atoms with Crippen molar-refractivity contribution in [3.8, 4) is 0 Å². The molecule has 8 nitrogen and oxygen atoms in total. The van der Waals surface area contributed by atoms with E-state index in [1.54, 1.807) is 26.0 Å². The Hall–Kier alpha value is -2.48. The third kappa shape index (κ3) is 5.02. The highest BCUT2D eigenvalue weighted by Gasteiger charge is 2.38. The molecule has 0 heterocycles. The zero-order valence-electron chi connectivity index (χ0n) is 13.9. The van der Waals surface area contributed by atoms with Crippen molar-refractivity contribution >= 4 is 17.6 Å². The van der Waals surface area contributed by atoms with Crippen LogP contribution >= 0.6 is 0 Å². The number of benzene rings is 1. The zero-order valence-corrected chi connectivity index (χ0v) is 13.9. The van der Waals surface area contributed by atoms with Crippen LogP contribution in [0, 0.1) is 16.0 Å². The number of nitro benzene ring substituents is 1. The average molecular weight is 339 g/mol. The van der Waals surface area contributed by atoms with Gasteiger partial charge in [-0.05, 0) is 13.8 Å². The third-order valence-electron chi connectivity index (χ3n) is 3.37. The lowest BCUT2D eigenvalue weighted by atomic mass is 9.95. The third-order valence-corrected chi connectivity index (χ3v) is 3.37. The summed E-state index contributed by atoms with van der Waals surface area (Å²) in [5.74, 6) is -2.86. The summed E-state index contributed by atoms with van der Waals surface area (Å²) in [5, 5.41) is 11.1. The number of carbonyl (C=O) groups excluding carboxylic acids is 2. The summed E-state index contributed by atoms with van der Waals surface area (Å²) < 4.78 is 15.1. The van der Waals surface area contributed by atoms with Crippen LogP contribution in [0.4, 0.5) is 5.69 Å². The van der Waals surface area contributed by atoms with Crippen molar-refractivity contribution in [2.75, 3.05) is 20.3 Å². The molecule has 1 unspecified atom stereocenters. The number of ether oxygens (including phenoxy) is 3. The summed E-state index contributed by atoms with van der Waals surface area (Å²) in [6, 6.07) is 6.08. The molecule has 1 aromatic carbocycles. The summed E-state index contributed by atoms with van der Waals surface area (Å²) in [7, 11) is 1.32. The molecule has 0 aliphatic rings. The Labute approximate surface area is 139 Å². The summed E-state index contributed by atoms with van der Waals surface area (Å²) in [5.41, 5.74) is 0.249. The lowest BCUT2D eigenvalue weighted by Crippen LogP contribution is -2.40. The minimum Gasteiger partial charge on any atom is -0.465 e. The van der Waals surface area contributed by atoms with E-state index in [-0.39, 0.29) is 25.3 Å². The first-order valence-electron chi connectivity index (χ1n) is 7.54. The van der Waals surface area contributed by atoms with Gasteiger partial charge in [0.05, 0.1) is 24.2 Å². The molecule has 132 valence electrons. The maximum Gasteiger partial charge on any atom is 0.323 e. The summed E-state index contributed by atoms with van der Waals surface area (Å²) in [6.45, 7) is 3.42. The highest BCUT2D eigenvalue weighted by molar-refractivity contribution is 5.95. The smallest absolute Gasteiger partial charge is 0.323 e. The highest BCUT2D eigenvalue weighted by Crippen LogP contribution is 2.24. The van der Waals surface area contributed by atoms with E-state index in [4.69, 9.17) is 14.2 Å². The number of carbonyl (C=O) groups is 2. The Balaban J connectivity index is 3.12. The second kappa shape index (κ2) is 9.61. The van der Waals surface area contributed by atoms with Crippen LogP contribution in [0.3, 0.4) is 0 Å². The number of para-hydroxylation sites is 1. The standard InChI is InChI=1S/C16H21NO7/c1-4-23-15(18)14(16(19)24-5-2)13(22-3)10-11-8-6-7-9-12(11)17(20)21/h6-9,13-14H,4-5,10H2,1-3H3. The van der Waals surface area contributed by atoms with Gasteiger partial charge in [-0.2, -0.15) is 0 Å². The van der Waals surface area contributed by atoms with E-state index in [1.165, 1.54) is 19.2 Å². The van der Waals surface area contributed by atoms with Gasteiger partial charge in [0, 0.05) is 25.2 Å². The van der Waals surface area contributed by atoms with Crippen LogP contribution in [-0.2, 0) is 30.2 Å². The van der Waals surface area contributed by atoms with Gasteiger partial charge in [0.2, 0.25) is 0 Å². The van der Waals surface area contributed by atoms with Crippen molar-refractivity contribution in [3.05, 3.63) is 39.9 Å². The average Bonchev–Trinajstić information content (AvgIpc) is 2.55. The molecular weight excluding hydrogens is 318 g/mol. The Morgan fingerprint density at radius 3 is 2.12 bits per heavy atom. The fourth-order valence-corrected chi connectivity index (χ4v) is 2.28. The molecule has 0 saturated carbocycles. The van der Waals surface area contributed by atoms with Crippen molar-refractivity contribution in [2.24, 2.45) is 5.92 Å². The van der Waals surface area contributed by atoms with Gasteiger partial charge in [0.15, 0.2) is 5.92 Å². The number of methoxy groups -OCH3 is 1. The predicted molar refractivity (Wildman–Crippen MR) is 84.4 cm³/mol. The van der Waals surface area contributed by atoms with E-state index in [2.05, 4.69) is 0 Å². The van der Waals surface area contributed by atoms with E-state index in [0.717, 1.165) is 0 Å². The molecule has 0 aliphatic heterocycles. The fraction of sp³-hybridized carbons (Fsp3) is 0.500. The van der Waals surface area contributed by atoms with Crippen molar-refractivity contribution in [1.29, 1.82) is 0 Å². The number of nitrogens with zero attached hydrogens (tertiary/aromatic N) is 1. The Bertz CT molecular complexity index is 570. The van der Waals surface area contributed by atoms with Gasteiger partial charge in [0.1, 0.15) is 0 Å². The Morgan fingerprint density at radius 2 is 1.67 bits per heavy atom. The number of hydrogen-bond acceptors (Lipinski definition) is 7. The largest absolute Gasteiger partial charge is 0.465 e. The van der Waals surface area contributed by atoms with Gasteiger partial charge in [-0.25, -0.2) is 0 Å². The zero-order chi connectivity index (χ0) is 18.1. The lowest BCUT2D eigenvalue weighted by molar-refractivity contribution is -0.385. The molecule has 0 spiro atoms. The Morgan fingerprint density at radius 1 is 1.12 bits per heavy atom. The number of esters is 2. The minimum atomic E-state index is -1.31. The first kappa shape index (κ1) is 19.6. The predicted octanol–water partition coefficient (Wildman–Crippen LogP) is 1.89. The van der Waals surface area contributed by atoms with Crippen LogP contribution in [0.25, 0.3) is 0 Å². The topological polar surface area (TPSA) is 105 Å². The SMILES string of the molecule is CCOC(=O)C(C(=O)OCC)C(Cc1ccccc1[N+](=O)[O-])OC. The lowest BCUT2D eigenvalue weighted by Gasteiger charge is -2.23. The minimum absolute atomic E-state index is 0.00402. The number of hydrogen-bond donors (Lipinski definition) is 0. The maximum atomic E-state index is 12.1. The van der Waals surface area contributed by atoms with Crippen LogP contribution in [0.5, 0.6) is 0 Å². The van der Waals surface area contributed by atoms with Gasteiger partial charge in [-0.15, -0.1) is 0 Å². The van der Waals surface area contributed by atoms with Gasteiger partial charge in [-0.3, -0.25) is 19.7 Å². The molecule has 0 saturated heterocycles. The molecule has 8 heteroatoms. The maximum absolute atomic E-state index is 12.1. The van der Waals surface area contributed by atoms with Gasteiger partial charge in [-0.1, -0.05) is 18.2 Å². The molecular formula is C16H21NO7. The monoisotopic (exact) mass is 339 g/mol. The van der Waals surface area contributed by atoms with E-state index in [9.17, 15) is 19.7 Å². The molecule has 1 atom stereocenters. The molecule has 0 fully saturated rings. The summed E-state index contributed by atoms with van der Waals surface area (Å²) in [6.07, 6.45) is -0.945. The normalized spacial score (nSPS) is 11.8. The first-order valence-corrected chi connectivity index (χ1v) is 7.54. The van der Waals surface area contributed by atoms with Gasteiger partial charge < -0.3 is 14.2 Å². The number of nitro groups is 1. The van der Waals surface area contributed by atoms with E-state index < -0.39 is 28.9 Å². The van der Waals surface area contributed by atoms with E-state index in [1.807, 2.05) is 0 Å². The van der Waals surface area contributed by atoms with Crippen molar-refractivity contribution in [3.63, 3.8) is 0 Å². The Kier molecular flexibility index (Phi) is 7.84. The molecule has 1 rings (SSSR count). The van der Waals surface area contributed by atoms with Crippen LogP contribution < -0.4 is 0 Å². The van der Waals surface area contributed by atoms with Crippen LogP contribution in [0.1, 0.15) is 19.4 Å². The quantitative estimate of drug-likeness (QED) is 0.293. The highest BCUT2D eigenvalue weighted by atomic mass is 16.6. The second-order valence-electron chi connectivity index (χ2n) is 4.85. The van der Waals surface area contributed by atoms with Crippen LogP contribution in [0.2, 0.25) is 0 Å². The molecule has 1 aromatic rings. The van der Waals surface area contributed by atoms with E-state index >= 15 is 0 Å².